The summed E-state index contributed by atoms with van der Waals surface area (Å²) in [7, 11) is 0. The van der Waals surface area contributed by atoms with Crippen LogP contribution in [0.2, 0.25) is 0 Å². The van der Waals surface area contributed by atoms with Crippen molar-refractivity contribution in [2.24, 2.45) is 0 Å². The van der Waals surface area contributed by atoms with Crippen LogP contribution in [0, 0.1) is 23.5 Å². The summed E-state index contributed by atoms with van der Waals surface area (Å²) >= 11 is 0. The zero-order valence-electron chi connectivity index (χ0n) is 9.84. The lowest BCUT2D eigenvalue weighted by atomic mass is 10.1. The van der Waals surface area contributed by atoms with Crippen LogP contribution in [0.25, 0.3) is 0 Å². The number of rotatable bonds is 4. The molecule has 1 aromatic rings. The van der Waals surface area contributed by atoms with Crippen LogP contribution in [0.15, 0.2) is 18.2 Å². The van der Waals surface area contributed by atoms with Gasteiger partial charge in [-0.3, -0.25) is 0 Å². The largest absolute Gasteiger partial charge is 0.380 e. The van der Waals surface area contributed by atoms with E-state index in [1.54, 1.807) is 0 Å². The van der Waals surface area contributed by atoms with Crippen molar-refractivity contribution in [1.29, 1.82) is 0 Å². The smallest absolute Gasteiger partial charge is 0.160 e. The minimum absolute atomic E-state index is 0.374. The molecule has 0 heterocycles. The van der Waals surface area contributed by atoms with Crippen molar-refractivity contribution in [1.82, 2.24) is 0 Å². The molecular weight excluding hydrogens is 222 g/mol. The molecule has 1 nitrogen and oxygen atoms in total. The number of aliphatic hydroxyl groups is 1. The zero-order chi connectivity index (χ0) is 12.7. The molecule has 1 rings (SSSR count). The van der Waals surface area contributed by atoms with Gasteiger partial charge in [0.25, 0.3) is 0 Å². The maximum atomic E-state index is 12.8. The first-order chi connectivity index (χ1) is 8.13. The molecule has 0 bridgehead atoms. The van der Waals surface area contributed by atoms with Crippen LogP contribution in [0.3, 0.4) is 0 Å². The Bertz CT molecular complexity index is 418. The van der Waals surface area contributed by atoms with Crippen LogP contribution in [0.4, 0.5) is 8.78 Å². The minimum Gasteiger partial charge on any atom is -0.380 e. The van der Waals surface area contributed by atoms with Gasteiger partial charge < -0.3 is 5.11 Å². The molecule has 0 saturated carbocycles. The first kappa shape index (κ1) is 13.7. The lowest BCUT2D eigenvalue weighted by Crippen LogP contribution is -2.02. The quantitative estimate of drug-likeness (QED) is 0.630. The average Bonchev–Trinajstić information content (AvgIpc) is 2.31. The minimum atomic E-state index is -0.919. The average molecular weight is 238 g/mol. The van der Waals surface area contributed by atoms with E-state index in [0.717, 1.165) is 31.4 Å². The number of benzene rings is 1. The van der Waals surface area contributed by atoms with E-state index in [1.165, 1.54) is 6.07 Å². The van der Waals surface area contributed by atoms with Crippen LogP contribution in [-0.4, -0.2) is 11.2 Å². The van der Waals surface area contributed by atoms with Gasteiger partial charge in [0.1, 0.15) is 6.10 Å². The van der Waals surface area contributed by atoms with Crippen molar-refractivity contribution in [2.45, 2.75) is 38.7 Å². The van der Waals surface area contributed by atoms with Gasteiger partial charge in [0, 0.05) is 5.56 Å². The predicted molar refractivity (Wildman–Crippen MR) is 63.4 cm³/mol. The fourth-order valence-corrected chi connectivity index (χ4v) is 1.40. The topological polar surface area (TPSA) is 20.2 Å². The molecule has 0 fully saturated rings. The van der Waals surface area contributed by atoms with Gasteiger partial charge >= 0.3 is 0 Å². The van der Waals surface area contributed by atoms with Gasteiger partial charge in [0.15, 0.2) is 11.6 Å². The lowest BCUT2D eigenvalue weighted by Gasteiger charge is -2.01. The van der Waals surface area contributed by atoms with E-state index in [-0.39, 0.29) is 0 Å². The van der Waals surface area contributed by atoms with Crippen LogP contribution < -0.4 is 0 Å². The van der Waals surface area contributed by atoms with Gasteiger partial charge in [-0.25, -0.2) is 8.78 Å². The molecule has 0 spiro atoms. The van der Waals surface area contributed by atoms with Gasteiger partial charge in [0.05, 0.1) is 0 Å². The van der Waals surface area contributed by atoms with E-state index in [1.807, 2.05) is 0 Å². The molecule has 0 radical (unpaired) electrons. The molecule has 3 heteroatoms. The van der Waals surface area contributed by atoms with Gasteiger partial charge in [-0.15, -0.1) is 0 Å². The van der Waals surface area contributed by atoms with Crippen molar-refractivity contribution in [3.05, 3.63) is 35.4 Å². The number of hydrogen-bond acceptors (Lipinski definition) is 1. The van der Waals surface area contributed by atoms with Crippen molar-refractivity contribution in [3.8, 4) is 11.8 Å². The summed E-state index contributed by atoms with van der Waals surface area (Å²) in [5, 5.41) is 9.52. The number of hydrogen-bond donors (Lipinski definition) is 1. The summed E-state index contributed by atoms with van der Waals surface area (Å²) in [4.78, 5) is 0. The maximum Gasteiger partial charge on any atom is 0.160 e. The molecule has 0 aliphatic carbocycles. The molecule has 0 saturated heterocycles. The second kappa shape index (κ2) is 7.03. The van der Waals surface area contributed by atoms with Gasteiger partial charge in [-0.2, -0.15) is 0 Å². The normalized spacial score (nSPS) is 11.8. The number of halogens is 2. The molecule has 1 atom stereocenters. The van der Waals surface area contributed by atoms with Gasteiger partial charge in [-0.05, 0) is 31.0 Å². The Morgan fingerprint density at radius 3 is 2.65 bits per heavy atom. The Morgan fingerprint density at radius 2 is 2.00 bits per heavy atom. The number of aliphatic hydroxyl groups excluding tert-OH is 1. The molecule has 0 unspecified atom stereocenters. The Hall–Kier alpha value is -1.40. The highest BCUT2D eigenvalue weighted by atomic mass is 19.2. The molecule has 1 aromatic carbocycles. The van der Waals surface area contributed by atoms with E-state index < -0.39 is 17.7 Å². The van der Waals surface area contributed by atoms with Crippen molar-refractivity contribution >= 4 is 0 Å². The van der Waals surface area contributed by atoms with Crippen LogP contribution >= 0.6 is 0 Å². The summed E-state index contributed by atoms with van der Waals surface area (Å²) in [5.74, 6) is 3.44. The molecule has 0 amide bonds. The Morgan fingerprint density at radius 1 is 1.24 bits per heavy atom. The Balaban J connectivity index is 2.55. The number of unbranched alkanes of at least 4 members (excludes halogenated alkanes) is 2. The van der Waals surface area contributed by atoms with Crippen LogP contribution in [-0.2, 0) is 0 Å². The van der Waals surface area contributed by atoms with E-state index in [2.05, 4.69) is 18.8 Å². The monoisotopic (exact) mass is 238 g/mol. The SMILES string of the molecule is CCCCC[C@@H](O)C#Cc1ccc(F)c(F)c1. The maximum absolute atomic E-state index is 12.8. The fraction of sp³-hybridized carbons (Fsp3) is 0.429. The van der Waals surface area contributed by atoms with Crippen molar-refractivity contribution in [3.63, 3.8) is 0 Å². The Labute approximate surface area is 100 Å². The molecule has 0 aliphatic heterocycles. The van der Waals surface area contributed by atoms with Gasteiger partial charge in [0.2, 0.25) is 0 Å². The van der Waals surface area contributed by atoms with Gasteiger partial charge in [-0.1, -0.05) is 31.6 Å². The summed E-state index contributed by atoms with van der Waals surface area (Å²) in [6.45, 7) is 2.08. The third kappa shape index (κ3) is 4.97. The summed E-state index contributed by atoms with van der Waals surface area (Å²) in [5.41, 5.74) is 0.374. The zero-order valence-corrected chi connectivity index (χ0v) is 9.84. The highest BCUT2D eigenvalue weighted by Gasteiger charge is 2.01. The predicted octanol–water partition coefficient (Wildman–Crippen LogP) is 3.26. The summed E-state index contributed by atoms with van der Waals surface area (Å²) in [6.07, 6.45) is 2.98. The highest BCUT2D eigenvalue weighted by Crippen LogP contribution is 2.08. The summed E-state index contributed by atoms with van der Waals surface area (Å²) in [6, 6.07) is 3.45. The van der Waals surface area contributed by atoms with Crippen LogP contribution in [0.5, 0.6) is 0 Å². The highest BCUT2D eigenvalue weighted by molar-refractivity contribution is 5.35. The third-order valence-corrected chi connectivity index (χ3v) is 2.38. The van der Waals surface area contributed by atoms with Crippen molar-refractivity contribution in [2.75, 3.05) is 0 Å². The second-order valence-electron chi connectivity index (χ2n) is 3.91. The Kier molecular flexibility index (Phi) is 5.65. The second-order valence-corrected chi connectivity index (χ2v) is 3.91. The van der Waals surface area contributed by atoms with E-state index in [4.69, 9.17) is 0 Å². The lowest BCUT2D eigenvalue weighted by molar-refractivity contribution is 0.217. The molecule has 17 heavy (non-hydrogen) atoms. The first-order valence-corrected chi connectivity index (χ1v) is 5.78. The fourth-order valence-electron chi connectivity index (χ4n) is 1.40. The van der Waals surface area contributed by atoms with E-state index >= 15 is 0 Å². The summed E-state index contributed by atoms with van der Waals surface area (Å²) < 4.78 is 25.5. The van der Waals surface area contributed by atoms with Crippen molar-refractivity contribution < 1.29 is 13.9 Å². The molecular formula is C14H16F2O. The molecule has 0 aliphatic rings. The standard InChI is InChI=1S/C14H16F2O/c1-2-3-4-5-12(17)8-6-11-7-9-13(15)14(16)10-11/h7,9-10,12,17H,2-5H2,1H3/t12-/m1/s1. The molecule has 1 N–H and O–H groups in total. The third-order valence-electron chi connectivity index (χ3n) is 2.38. The molecule has 92 valence electrons. The molecule has 0 aromatic heterocycles. The van der Waals surface area contributed by atoms with E-state index in [0.29, 0.717) is 12.0 Å². The van der Waals surface area contributed by atoms with Crippen LogP contribution in [0.1, 0.15) is 38.2 Å². The van der Waals surface area contributed by atoms with E-state index in [9.17, 15) is 13.9 Å². The first-order valence-electron chi connectivity index (χ1n) is 5.78.